The minimum Gasteiger partial charge on any atom is -0.282 e. The van der Waals surface area contributed by atoms with Crippen LogP contribution in [0.5, 0.6) is 0 Å². The topological polar surface area (TPSA) is 57.4 Å². The summed E-state index contributed by atoms with van der Waals surface area (Å²) in [5, 5.41) is 16.0. The molecule has 0 saturated heterocycles. The highest BCUT2D eigenvalue weighted by atomic mass is 33.1. The van der Waals surface area contributed by atoms with Crippen molar-refractivity contribution in [3.63, 3.8) is 0 Å². The van der Waals surface area contributed by atoms with Crippen LogP contribution in [0.1, 0.15) is 11.4 Å². The van der Waals surface area contributed by atoms with Crippen LogP contribution in [0.25, 0.3) is 0 Å². The van der Waals surface area contributed by atoms with E-state index in [1.165, 1.54) is 0 Å². The number of H-pyrrole nitrogens is 2. The third kappa shape index (κ3) is 2.33. The van der Waals surface area contributed by atoms with Crippen molar-refractivity contribution in [2.24, 2.45) is 0 Å². The molecular weight excluding hydrogens is 216 g/mol. The van der Waals surface area contributed by atoms with Crippen LogP contribution in [0.2, 0.25) is 0 Å². The van der Waals surface area contributed by atoms with E-state index in [2.05, 4.69) is 20.4 Å². The Labute approximate surface area is 89.7 Å². The van der Waals surface area contributed by atoms with E-state index in [0.29, 0.717) is 0 Å². The molecule has 0 amide bonds. The first-order valence-corrected chi connectivity index (χ1v) is 6.27. The van der Waals surface area contributed by atoms with Crippen molar-refractivity contribution in [3.8, 4) is 0 Å². The van der Waals surface area contributed by atoms with Crippen LogP contribution in [0.3, 0.4) is 0 Å². The summed E-state index contributed by atoms with van der Waals surface area (Å²) in [6.07, 6.45) is 0. The first-order valence-electron chi connectivity index (χ1n) is 4.12. The molecule has 4 nitrogen and oxygen atoms in total. The molecule has 2 N–H and O–H groups in total. The Bertz CT molecular complexity index is 380. The molecule has 0 aliphatic carbocycles. The zero-order chi connectivity index (χ0) is 9.97. The van der Waals surface area contributed by atoms with Gasteiger partial charge in [0.15, 0.2) is 0 Å². The average molecular weight is 226 g/mol. The largest absolute Gasteiger partial charge is 0.282 e. The quantitative estimate of drug-likeness (QED) is 0.790. The van der Waals surface area contributed by atoms with E-state index in [9.17, 15) is 0 Å². The molecule has 0 aliphatic rings. The van der Waals surface area contributed by atoms with Gasteiger partial charge in [0.05, 0.1) is 0 Å². The van der Waals surface area contributed by atoms with Gasteiger partial charge in [0.25, 0.3) is 0 Å². The monoisotopic (exact) mass is 226 g/mol. The Morgan fingerprint density at radius 1 is 0.929 bits per heavy atom. The predicted octanol–water partition coefficient (Wildman–Crippen LogP) is 2.55. The second-order valence-electron chi connectivity index (χ2n) is 2.95. The Kier molecular flexibility index (Phi) is 2.83. The second kappa shape index (κ2) is 4.10. The van der Waals surface area contributed by atoms with Gasteiger partial charge in [0.2, 0.25) is 0 Å². The fourth-order valence-corrected chi connectivity index (χ4v) is 2.77. The van der Waals surface area contributed by atoms with Crippen molar-refractivity contribution in [2.45, 2.75) is 23.9 Å². The average Bonchev–Trinajstić information content (AvgIpc) is 2.72. The molecule has 2 heterocycles. The predicted molar refractivity (Wildman–Crippen MR) is 58.4 cm³/mol. The Hall–Kier alpha value is -0.880. The Morgan fingerprint density at radius 3 is 1.64 bits per heavy atom. The van der Waals surface area contributed by atoms with Gasteiger partial charge in [-0.05, 0) is 47.6 Å². The highest BCUT2D eigenvalue weighted by Gasteiger charge is 2.03. The van der Waals surface area contributed by atoms with E-state index in [1.54, 1.807) is 21.6 Å². The first-order chi connectivity index (χ1) is 6.74. The lowest BCUT2D eigenvalue weighted by atomic mass is 10.5. The normalized spacial score (nSPS) is 10.7. The van der Waals surface area contributed by atoms with Gasteiger partial charge in [-0.15, -0.1) is 0 Å². The maximum absolute atomic E-state index is 4.12. The van der Waals surface area contributed by atoms with Crippen molar-refractivity contribution in [1.82, 2.24) is 20.4 Å². The molecule has 0 saturated carbocycles. The van der Waals surface area contributed by atoms with Crippen LogP contribution in [0, 0.1) is 13.8 Å². The first kappa shape index (κ1) is 9.67. The lowest BCUT2D eigenvalue weighted by molar-refractivity contribution is 0.982. The van der Waals surface area contributed by atoms with Gasteiger partial charge in [0.1, 0.15) is 10.1 Å². The number of aromatic nitrogens is 4. The summed E-state index contributed by atoms with van der Waals surface area (Å²) in [6, 6.07) is 4.02. The molecular formula is C8H10N4S2. The molecule has 0 aromatic carbocycles. The fraction of sp³-hybridized carbons (Fsp3) is 0.250. The van der Waals surface area contributed by atoms with Gasteiger partial charge >= 0.3 is 0 Å². The van der Waals surface area contributed by atoms with E-state index in [1.807, 2.05) is 26.0 Å². The van der Waals surface area contributed by atoms with Gasteiger partial charge in [-0.2, -0.15) is 10.2 Å². The number of rotatable bonds is 3. The summed E-state index contributed by atoms with van der Waals surface area (Å²) in [4.78, 5) is 0. The molecule has 0 bridgehead atoms. The smallest absolute Gasteiger partial charge is 0.129 e. The van der Waals surface area contributed by atoms with Gasteiger partial charge in [-0.25, -0.2) is 0 Å². The second-order valence-corrected chi connectivity index (χ2v) is 5.11. The van der Waals surface area contributed by atoms with Gasteiger partial charge in [-0.3, -0.25) is 10.2 Å². The van der Waals surface area contributed by atoms with E-state index in [-0.39, 0.29) is 0 Å². The van der Waals surface area contributed by atoms with E-state index in [0.717, 1.165) is 21.4 Å². The zero-order valence-electron chi connectivity index (χ0n) is 7.87. The molecule has 0 unspecified atom stereocenters. The summed E-state index contributed by atoms with van der Waals surface area (Å²) in [6.45, 7) is 3.97. The summed E-state index contributed by atoms with van der Waals surface area (Å²) < 4.78 is 0. The number of aromatic amines is 2. The summed E-state index contributed by atoms with van der Waals surface area (Å²) >= 11 is 0. The van der Waals surface area contributed by atoms with Gasteiger partial charge in [0, 0.05) is 11.4 Å². The van der Waals surface area contributed by atoms with Crippen molar-refractivity contribution >= 4 is 21.6 Å². The van der Waals surface area contributed by atoms with E-state index < -0.39 is 0 Å². The molecule has 0 aliphatic heterocycles. The lowest BCUT2D eigenvalue weighted by Gasteiger charge is -1.90. The molecule has 2 rings (SSSR count). The summed E-state index contributed by atoms with van der Waals surface area (Å²) in [7, 11) is 3.20. The number of hydrogen-bond donors (Lipinski definition) is 2. The molecule has 2 aromatic heterocycles. The van der Waals surface area contributed by atoms with Crippen molar-refractivity contribution < 1.29 is 0 Å². The molecule has 74 valence electrons. The van der Waals surface area contributed by atoms with Crippen molar-refractivity contribution in [2.75, 3.05) is 0 Å². The highest BCUT2D eigenvalue weighted by molar-refractivity contribution is 8.76. The fourth-order valence-electron chi connectivity index (χ4n) is 0.957. The van der Waals surface area contributed by atoms with Crippen LogP contribution >= 0.6 is 21.6 Å². The third-order valence-electron chi connectivity index (χ3n) is 1.58. The highest BCUT2D eigenvalue weighted by Crippen LogP contribution is 2.35. The van der Waals surface area contributed by atoms with Gasteiger partial charge in [-0.1, -0.05) is 0 Å². The maximum Gasteiger partial charge on any atom is 0.129 e. The van der Waals surface area contributed by atoms with Crippen LogP contribution in [0.4, 0.5) is 0 Å². The molecule has 0 spiro atoms. The van der Waals surface area contributed by atoms with E-state index in [4.69, 9.17) is 0 Å². The SMILES string of the molecule is Cc1cc(SSc2cc(C)[nH]n2)n[nH]1. The number of nitrogens with one attached hydrogen (secondary N) is 2. The number of nitrogens with zero attached hydrogens (tertiary/aromatic N) is 2. The molecule has 0 atom stereocenters. The Balaban J connectivity index is 1.94. The summed E-state index contributed by atoms with van der Waals surface area (Å²) in [5.41, 5.74) is 2.15. The molecule has 14 heavy (non-hydrogen) atoms. The zero-order valence-corrected chi connectivity index (χ0v) is 9.50. The lowest BCUT2D eigenvalue weighted by Crippen LogP contribution is -1.70. The van der Waals surface area contributed by atoms with Crippen LogP contribution in [-0.2, 0) is 0 Å². The number of aryl methyl sites for hydroxylation is 2. The maximum atomic E-state index is 4.12. The van der Waals surface area contributed by atoms with Crippen LogP contribution < -0.4 is 0 Å². The van der Waals surface area contributed by atoms with Gasteiger partial charge < -0.3 is 0 Å². The molecule has 0 fully saturated rings. The van der Waals surface area contributed by atoms with Crippen LogP contribution in [0.15, 0.2) is 22.2 Å². The van der Waals surface area contributed by atoms with Crippen LogP contribution in [-0.4, -0.2) is 20.4 Å². The standard InChI is InChI=1S/C8H10N4S2/c1-5-3-7(11-9-5)13-14-8-4-6(2)10-12-8/h3-4H,1-2H3,(H,9,11)(H,10,12). The Morgan fingerprint density at radius 2 is 1.36 bits per heavy atom. The molecule has 0 radical (unpaired) electrons. The molecule has 2 aromatic rings. The number of hydrogen-bond acceptors (Lipinski definition) is 4. The van der Waals surface area contributed by atoms with Crippen molar-refractivity contribution in [1.29, 1.82) is 0 Å². The summed E-state index contributed by atoms with van der Waals surface area (Å²) in [5.74, 6) is 0. The minimum atomic E-state index is 0.980. The minimum absolute atomic E-state index is 0.980. The molecule has 6 heteroatoms. The van der Waals surface area contributed by atoms with Crippen molar-refractivity contribution in [3.05, 3.63) is 23.5 Å². The van der Waals surface area contributed by atoms with E-state index >= 15 is 0 Å². The third-order valence-corrected chi connectivity index (χ3v) is 3.69.